The van der Waals surface area contributed by atoms with Gasteiger partial charge in [0.25, 0.3) is 0 Å². The maximum Gasteiger partial charge on any atom is 0.247 e. The molecular weight excluding hydrogens is 310 g/mol. The lowest BCUT2D eigenvalue weighted by Gasteiger charge is -2.33. The molecule has 0 heterocycles. The van der Waals surface area contributed by atoms with Gasteiger partial charge in [0, 0.05) is 12.6 Å². The molecule has 2 rings (SSSR count). The number of sulfonamides is 1. The highest BCUT2D eigenvalue weighted by Gasteiger charge is 2.33. The fourth-order valence-corrected chi connectivity index (χ4v) is 5.25. The van der Waals surface area contributed by atoms with Gasteiger partial charge in [-0.2, -0.15) is 4.31 Å². The van der Waals surface area contributed by atoms with Gasteiger partial charge in [-0.1, -0.05) is 26.2 Å². The van der Waals surface area contributed by atoms with Crippen molar-refractivity contribution in [2.75, 3.05) is 13.2 Å². The Bertz CT molecular complexity index is 634. The third-order valence-corrected chi connectivity index (χ3v) is 6.79. The SMILES string of the molecule is CCOc1cc(C)c(C)cc1S(=O)(=O)N(CC)C1CCCCC1. The van der Waals surface area contributed by atoms with Gasteiger partial charge in [0.2, 0.25) is 10.0 Å². The zero-order chi connectivity index (χ0) is 17.0. The first-order valence-corrected chi connectivity index (χ1v) is 10.1. The average Bonchev–Trinajstić information content (AvgIpc) is 2.52. The molecule has 1 saturated carbocycles. The van der Waals surface area contributed by atoms with E-state index in [0.717, 1.165) is 36.8 Å². The number of rotatable bonds is 6. The number of hydrogen-bond acceptors (Lipinski definition) is 3. The minimum Gasteiger partial charge on any atom is -0.492 e. The van der Waals surface area contributed by atoms with Crippen LogP contribution >= 0.6 is 0 Å². The molecule has 1 fully saturated rings. The summed E-state index contributed by atoms with van der Waals surface area (Å²) in [5.74, 6) is 0.477. The standard InChI is InChI=1S/C18H29NO3S/c1-5-19(16-10-8-7-9-11-16)23(20,21)18-13-15(4)14(3)12-17(18)22-6-2/h12-13,16H,5-11H2,1-4H3. The molecule has 0 spiro atoms. The highest BCUT2D eigenvalue weighted by Crippen LogP contribution is 2.33. The molecule has 0 saturated heterocycles. The summed E-state index contributed by atoms with van der Waals surface area (Å²) in [6, 6.07) is 3.73. The Hall–Kier alpha value is -1.07. The van der Waals surface area contributed by atoms with Crippen LogP contribution in [0.2, 0.25) is 0 Å². The van der Waals surface area contributed by atoms with Crippen LogP contribution in [-0.2, 0) is 10.0 Å². The van der Waals surface area contributed by atoms with Crippen molar-refractivity contribution in [2.45, 2.75) is 70.7 Å². The van der Waals surface area contributed by atoms with E-state index in [4.69, 9.17) is 4.74 Å². The Balaban J connectivity index is 2.46. The summed E-state index contributed by atoms with van der Waals surface area (Å²) in [5, 5.41) is 0. The Labute approximate surface area is 140 Å². The predicted molar refractivity (Wildman–Crippen MR) is 93.5 cm³/mol. The van der Waals surface area contributed by atoms with Gasteiger partial charge in [-0.05, 0) is 56.9 Å². The first-order valence-electron chi connectivity index (χ1n) is 8.67. The molecule has 0 aromatic heterocycles. The molecule has 0 atom stereocenters. The molecule has 0 amide bonds. The molecule has 23 heavy (non-hydrogen) atoms. The molecule has 0 N–H and O–H groups in total. The van der Waals surface area contributed by atoms with E-state index in [1.165, 1.54) is 6.42 Å². The molecule has 0 aliphatic heterocycles. The second kappa shape index (κ2) is 7.67. The van der Waals surface area contributed by atoms with Gasteiger partial charge >= 0.3 is 0 Å². The first-order chi connectivity index (χ1) is 10.9. The summed E-state index contributed by atoms with van der Waals surface area (Å²) in [6.45, 7) is 8.69. The zero-order valence-electron chi connectivity index (χ0n) is 14.8. The molecule has 130 valence electrons. The maximum atomic E-state index is 13.3. The molecule has 5 heteroatoms. The number of aryl methyl sites for hydroxylation is 2. The third-order valence-electron chi connectivity index (χ3n) is 4.74. The van der Waals surface area contributed by atoms with E-state index in [0.29, 0.717) is 23.8 Å². The van der Waals surface area contributed by atoms with E-state index < -0.39 is 10.0 Å². The minimum atomic E-state index is -3.53. The molecule has 1 aliphatic carbocycles. The Morgan fingerprint density at radius 3 is 2.26 bits per heavy atom. The van der Waals surface area contributed by atoms with Crippen LogP contribution in [-0.4, -0.2) is 31.9 Å². The van der Waals surface area contributed by atoms with Gasteiger partial charge in [0.15, 0.2) is 0 Å². The normalized spacial score (nSPS) is 16.7. The van der Waals surface area contributed by atoms with Gasteiger partial charge in [0.05, 0.1) is 6.61 Å². The molecule has 1 aromatic rings. The van der Waals surface area contributed by atoms with Crippen molar-refractivity contribution in [1.82, 2.24) is 4.31 Å². The second-order valence-electron chi connectivity index (χ2n) is 6.32. The van der Waals surface area contributed by atoms with Gasteiger partial charge in [-0.15, -0.1) is 0 Å². The van der Waals surface area contributed by atoms with Crippen LogP contribution < -0.4 is 4.74 Å². The number of ether oxygens (including phenoxy) is 1. The molecule has 1 aliphatic rings. The topological polar surface area (TPSA) is 46.6 Å². The lowest BCUT2D eigenvalue weighted by molar-refractivity contribution is 0.259. The van der Waals surface area contributed by atoms with E-state index >= 15 is 0 Å². The summed E-state index contributed by atoms with van der Waals surface area (Å²) in [5.41, 5.74) is 2.03. The van der Waals surface area contributed by atoms with Crippen molar-refractivity contribution in [3.05, 3.63) is 23.3 Å². The largest absolute Gasteiger partial charge is 0.492 e. The van der Waals surface area contributed by atoms with Crippen molar-refractivity contribution in [3.63, 3.8) is 0 Å². The summed E-state index contributed by atoms with van der Waals surface area (Å²) in [6.07, 6.45) is 5.36. The number of benzene rings is 1. The molecule has 0 bridgehead atoms. The highest BCUT2D eigenvalue weighted by atomic mass is 32.2. The highest BCUT2D eigenvalue weighted by molar-refractivity contribution is 7.89. The van der Waals surface area contributed by atoms with Crippen LogP contribution in [0.4, 0.5) is 0 Å². The lowest BCUT2D eigenvalue weighted by Crippen LogP contribution is -2.41. The summed E-state index contributed by atoms with van der Waals surface area (Å²) in [7, 11) is -3.53. The Morgan fingerprint density at radius 2 is 1.70 bits per heavy atom. The van der Waals surface area contributed by atoms with Crippen molar-refractivity contribution < 1.29 is 13.2 Å². The van der Waals surface area contributed by atoms with Gasteiger partial charge in [-0.3, -0.25) is 0 Å². The van der Waals surface area contributed by atoms with Gasteiger partial charge in [-0.25, -0.2) is 8.42 Å². The molecule has 4 nitrogen and oxygen atoms in total. The van der Waals surface area contributed by atoms with Crippen molar-refractivity contribution in [3.8, 4) is 5.75 Å². The van der Waals surface area contributed by atoms with Crippen molar-refractivity contribution in [2.24, 2.45) is 0 Å². The predicted octanol–water partition coefficient (Wildman–Crippen LogP) is 4.05. The zero-order valence-corrected chi connectivity index (χ0v) is 15.6. The number of nitrogens with zero attached hydrogens (tertiary/aromatic N) is 1. The fourth-order valence-electron chi connectivity index (χ4n) is 3.35. The van der Waals surface area contributed by atoms with Crippen LogP contribution in [0.5, 0.6) is 5.75 Å². The Morgan fingerprint density at radius 1 is 1.09 bits per heavy atom. The van der Waals surface area contributed by atoms with Gasteiger partial charge in [0.1, 0.15) is 10.6 Å². The number of hydrogen-bond donors (Lipinski definition) is 0. The first kappa shape index (κ1) is 18.3. The monoisotopic (exact) mass is 339 g/mol. The smallest absolute Gasteiger partial charge is 0.247 e. The lowest BCUT2D eigenvalue weighted by atomic mass is 9.95. The second-order valence-corrected chi connectivity index (χ2v) is 8.18. The summed E-state index contributed by atoms with van der Waals surface area (Å²) in [4.78, 5) is 0.315. The third kappa shape index (κ3) is 3.89. The molecule has 0 radical (unpaired) electrons. The quantitative estimate of drug-likeness (QED) is 0.785. The van der Waals surface area contributed by atoms with Crippen LogP contribution in [0.15, 0.2) is 17.0 Å². The van der Waals surface area contributed by atoms with Crippen LogP contribution in [0.3, 0.4) is 0 Å². The average molecular weight is 340 g/mol. The Kier molecular flexibility index (Phi) is 6.09. The van der Waals surface area contributed by atoms with E-state index in [1.807, 2.05) is 33.8 Å². The van der Waals surface area contributed by atoms with E-state index in [9.17, 15) is 8.42 Å². The van der Waals surface area contributed by atoms with E-state index in [1.54, 1.807) is 10.4 Å². The summed E-state index contributed by atoms with van der Waals surface area (Å²) >= 11 is 0. The summed E-state index contributed by atoms with van der Waals surface area (Å²) < 4.78 is 33.9. The van der Waals surface area contributed by atoms with Crippen LogP contribution in [0.25, 0.3) is 0 Å². The minimum absolute atomic E-state index is 0.120. The molecule has 0 unspecified atom stereocenters. The van der Waals surface area contributed by atoms with Crippen LogP contribution in [0, 0.1) is 13.8 Å². The van der Waals surface area contributed by atoms with E-state index in [-0.39, 0.29) is 6.04 Å². The van der Waals surface area contributed by atoms with Crippen molar-refractivity contribution in [1.29, 1.82) is 0 Å². The molecular formula is C18H29NO3S. The molecule has 1 aromatic carbocycles. The van der Waals surface area contributed by atoms with Crippen LogP contribution in [0.1, 0.15) is 57.1 Å². The van der Waals surface area contributed by atoms with Crippen molar-refractivity contribution >= 4 is 10.0 Å². The van der Waals surface area contributed by atoms with Gasteiger partial charge < -0.3 is 4.74 Å². The van der Waals surface area contributed by atoms with E-state index in [2.05, 4.69) is 0 Å². The maximum absolute atomic E-state index is 13.3. The fraction of sp³-hybridized carbons (Fsp3) is 0.667.